The minimum absolute atomic E-state index is 0.314. The topological polar surface area (TPSA) is 49.8 Å². The van der Waals surface area contributed by atoms with E-state index in [4.69, 9.17) is 9.84 Å². The molecule has 0 aliphatic carbocycles. The van der Waals surface area contributed by atoms with Crippen LogP contribution in [0.1, 0.15) is 10.4 Å². The van der Waals surface area contributed by atoms with Crippen molar-refractivity contribution in [2.45, 2.75) is 0 Å². The van der Waals surface area contributed by atoms with Crippen molar-refractivity contribution in [1.29, 1.82) is 0 Å². The van der Waals surface area contributed by atoms with E-state index in [9.17, 15) is 4.79 Å². The van der Waals surface area contributed by atoms with Gasteiger partial charge < -0.3 is 14.7 Å². The molecule has 1 saturated heterocycles. The molecule has 0 aromatic heterocycles. The number of aromatic carboxylic acids is 1. The maximum atomic E-state index is 10.6. The maximum absolute atomic E-state index is 10.6. The van der Waals surface area contributed by atoms with Crippen LogP contribution in [0.15, 0.2) is 24.3 Å². The van der Waals surface area contributed by atoms with Crippen LogP contribution in [0.3, 0.4) is 0 Å². The first-order valence-electron chi connectivity index (χ1n) is 4.43. The smallest absolute Gasteiger partial charge is 0.335 e. The van der Waals surface area contributed by atoms with Crippen molar-refractivity contribution in [3.05, 3.63) is 29.8 Å². The van der Waals surface area contributed by atoms with E-state index in [1.54, 1.807) is 24.3 Å². The normalized spacial score (nSPS) is 15.9. The SMILES string of the molecule is O=C(O)c1ccc(N2CCOC2)cc1. The highest BCUT2D eigenvalue weighted by atomic mass is 16.5. The van der Waals surface area contributed by atoms with Gasteiger partial charge in [0.25, 0.3) is 0 Å². The molecule has 0 spiro atoms. The number of nitrogens with zero attached hydrogens (tertiary/aromatic N) is 1. The van der Waals surface area contributed by atoms with Crippen LogP contribution in [0.4, 0.5) is 5.69 Å². The molecular formula is C10H11NO3. The fraction of sp³-hybridized carbons (Fsp3) is 0.300. The van der Waals surface area contributed by atoms with Gasteiger partial charge in [-0.2, -0.15) is 0 Å². The Kier molecular flexibility index (Phi) is 2.37. The Labute approximate surface area is 81.7 Å². The molecule has 1 aromatic rings. The Balaban J connectivity index is 2.16. The summed E-state index contributed by atoms with van der Waals surface area (Å²) in [6.07, 6.45) is 0. The van der Waals surface area contributed by atoms with Gasteiger partial charge in [-0.15, -0.1) is 0 Å². The number of carboxylic acid groups (broad SMARTS) is 1. The molecule has 0 atom stereocenters. The lowest BCUT2D eigenvalue weighted by molar-refractivity contribution is 0.0697. The quantitative estimate of drug-likeness (QED) is 0.766. The molecule has 1 aliphatic rings. The summed E-state index contributed by atoms with van der Waals surface area (Å²) in [6.45, 7) is 2.19. The van der Waals surface area contributed by atoms with E-state index in [1.807, 2.05) is 0 Å². The van der Waals surface area contributed by atoms with Crippen LogP contribution in [0.25, 0.3) is 0 Å². The minimum Gasteiger partial charge on any atom is -0.478 e. The molecule has 1 fully saturated rings. The van der Waals surface area contributed by atoms with Gasteiger partial charge in [-0.25, -0.2) is 4.79 Å². The van der Waals surface area contributed by atoms with E-state index >= 15 is 0 Å². The molecule has 0 saturated carbocycles. The molecular weight excluding hydrogens is 182 g/mol. The van der Waals surface area contributed by atoms with Crippen LogP contribution in [-0.2, 0) is 4.74 Å². The number of hydrogen-bond acceptors (Lipinski definition) is 3. The van der Waals surface area contributed by atoms with E-state index in [-0.39, 0.29) is 0 Å². The van der Waals surface area contributed by atoms with Crippen LogP contribution in [0, 0.1) is 0 Å². The van der Waals surface area contributed by atoms with Gasteiger partial charge in [-0.05, 0) is 24.3 Å². The number of ether oxygens (including phenoxy) is 1. The van der Waals surface area contributed by atoms with Crippen LogP contribution < -0.4 is 4.90 Å². The lowest BCUT2D eigenvalue weighted by Crippen LogP contribution is -2.18. The van der Waals surface area contributed by atoms with Gasteiger partial charge in [0.15, 0.2) is 0 Å². The summed E-state index contributed by atoms with van der Waals surface area (Å²) in [7, 11) is 0. The number of benzene rings is 1. The highest BCUT2D eigenvalue weighted by molar-refractivity contribution is 5.88. The van der Waals surface area contributed by atoms with Crippen LogP contribution in [0.5, 0.6) is 0 Å². The molecule has 4 nitrogen and oxygen atoms in total. The molecule has 0 radical (unpaired) electrons. The molecule has 14 heavy (non-hydrogen) atoms. The highest BCUT2D eigenvalue weighted by Crippen LogP contribution is 2.17. The van der Waals surface area contributed by atoms with Crippen molar-refractivity contribution in [3.63, 3.8) is 0 Å². The van der Waals surface area contributed by atoms with Crippen LogP contribution >= 0.6 is 0 Å². The van der Waals surface area contributed by atoms with Gasteiger partial charge in [-0.3, -0.25) is 0 Å². The number of rotatable bonds is 2. The number of carboxylic acids is 1. The van der Waals surface area contributed by atoms with Gasteiger partial charge in [0, 0.05) is 12.2 Å². The van der Waals surface area contributed by atoms with Gasteiger partial charge in [0.05, 0.1) is 12.2 Å². The Morgan fingerprint density at radius 1 is 1.36 bits per heavy atom. The van der Waals surface area contributed by atoms with Crippen LogP contribution in [-0.4, -0.2) is 31.0 Å². The molecule has 1 N–H and O–H groups in total. The summed E-state index contributed by atoms with van der Waals surface area (Å²) in [5.41, 5.74) is 1.32. The minimum atomic E-state index is -0.894. The summed E-state index contributed by atoms with van der Waals surface area (Å²) in [4.78, 5) is 12.7. The maximum Gasteiger partial charge on any atom is 0.335 e. The monoisotopic (exact) mass is 193 g/mol. The van der Waals surface area contributed by atoms with Crippen molar-refractivity contribution in [1.82, 2.24) is 0 Å². The Morgan fingerprint density at radius 3 is 2.57 bits per heavy atom. The van der Waals surface area contributed by atoms with E-state index in [2.05, 4.69) is 4.90 Å². The van der Waals surface area contributed by atoms with Crippen molar-refractivity contribution < 1.29 is 14.6 Å². The van der Waals surface area contributed by atoms with E-state index in [1.165, 1.54) is 0 Å². The van der Waals surface area contributed by atoms with Gasteiger partial charge in [-0.1, -0.05) is 0 Å². The molecule has 0 unspecified atom stereocenters. The summed E-state index contributed by atoms with van der Waals surface area (Å²) in [6, 6.07) is 6.82. The van der Waals surface area contributed by atoms with Crippen molar-refractivity contribution >= 4 is 11.7 Å². The summed E-state index contributed by atoms with van der Waals surface area (Å²) in [5, 5.41) is 8.70. The third kappa shape index (κ3) is 1.70. The lowest BCUT2D eigenvalue weighted by atomic mass is 10.2. The molecule has 74 valence electrons. The summed E-state index contributed by atoms with van der Waals surface area (Å²) in [5.74, 6) is -0.894. The Bertz CT molecular complexity index is 328. The van der Waals surface area contributed by atoms with Crippen molar-refractivity contribution in [2.75, 3.05) is 24.8 Å². The number of hydrogen-bond donors (Lipinski definition) is 1. The van der Waals surface area contributed by atoms with Crippen molar-refractivity contribution in [2.24, 2.45) is 0 Å². The van der Waals surface area contributed by atoms with E-state index < -0.39 is 5.97 Å². The van der Waals surface area contributed by atoms with Crippen molar-refractivity contribution in [3.8, 4) is 0 Å². The summed E-state index contributed by atoms with van der Waals surface area (Å²) < 4.78 is 5.20. The Morgan fingerprint density at radius 2 is 2.07 bits per heavy atom. The third-order valence-electron chi connectivity index (χ3n) is 2.23. The second-order valence-corrected chi connectivity index (χ2v) is 3.15. The standard InChI is InChI=1S/C10H11NO3/c12-10(13)8-1-3-9(4-2-8)11-5-6-14-7-11/h1-4H,5-7H2,(H,12,13). The average molecular weight is 193 g/mol. The average Bonchev–Trinajstić information content (AvgIpc) is 2.71. The fourth-order valence-corrected chi connectivity index (χ4v) is 1.43. The van der Waals surface area contributed by atoms with E-state index in [0.717, 1.165) is 18.8 Å². The molecule has 2 rings (SSSR count). The number of carbonyl (C=O) groups is 1. The highest BCUT2D eigenvalue weighted by Gasteiger charge is 2.12. The van der Waals surface area contributed by atoms with Gasteiger partial charge in [0.1, 0.15) is 6.73 Å². The van der Waals surface area contributed by atoms with Gasteiger partial charge >= 0.3 is 5.97 Å². The predicted molar refractivity (Wildman–Crippen MR) is 51.6 cm³/mol. The molecule has 4 heteroatoms. The second-order valence-electron chi connectivity index (χ2n) is 3.15. The second kappa shape index (κ2) is 3.67. The zero-order valence-electron chi connectivity index (χ0n) is 7.64. The fourth-order valence-electron chi connectivity index (χ4n) is 1.43. The lowest BCUT2D eigenvalue weighted by Gasteiger charge is -2.15. The molecule has 1 heterocycles. The number of anilines is 1. The molecule has 0 bridgehead atoms. The largest absolute Gasteiger partial charge is 0.478 e. The molecule has 0 amide bonds. The molecule has 1 aliphatic heterocycles. The molecule has 1 aromatic carbocycles. The first-order valence-corrected chi connectivity index (χ1v) is 4.43. The Hall–Kier alpha value is -1.55. The zero-order valence-corrected chi connectivity index (χ0v) is 7.64. The van der Waals surface area contributed by atoms with Crippen LogP contribution in [0.2, 0.25) is 0 Å². The third-order valence-corrected chi connectivity index (χ3v) is 2.23. The first kappa shape index (κ1) is 9.02. The first-order chi connectivity index (χ1) is 6.77. The summed E-state index contributed by atoms with van der Waals surface area (Å²) >= 11 is 0. The predicted octanol–water partition coefficient (Wildman–Crippen LogP) is 1.18. The van der Waals surface area contributed by atoms with E-state index in [0.29, 0.717) is 12.3 Å². The zero-order chi connectivity index (χ0) is 9.97. The van der Waals surface area contributed by atoms with Gasteiger partial charge in [0.2, 0.25) is 0 Å².